The van der Waals surface area contributed by atoms with Crippen molar-refractivity contribution in [1.29, 1.82) is 0 Å². The molecule has 3 nitrogen and oxygen atoms in total. The predicted molar refractivity (Wildman–Crippen MR) is 58.3 cm³/mol. The Morgan fingerprint density at radius 1 is 1.53 bits per heavy atom. The van der Waals surface area contributed by atoms with E-state index >= 15 is 0 Å². The van der Waals surface area contributed by atoms with Gasteiger partial charge in [0.15, 0.2) is 0 Å². The third-order valence-electron chi connectivity index (χ3n) is 2.51. The van der Waals surface area contributed by atoms with Gasteiger partial charge < -0.3 is 10.2 Å². The van der Waals surface area contributed by atoms with E-state index < -0.39 is 5.97 Å². The topological polar surface area (TPSA) is 57.5 Å². The van der Waals surface area contributed by atoms with Gasteiger partial charge in [0.05, 0.1) is 4.90 Å². The summed E-state index contributed by atoms with van der Waals surface area (Å²) < 4.78 is 0. The molecule has 2 N–H and O–H groups in total. The van der Waals surface area contributed by atoms with Gasteiger partial charge in [-0.2, -0.15) is 0 Å². The summed E-state index contributed by atoms with van der Waals surface area (Å²) in [6.07, 6.45) is 0.963. The van der Waals surface area contributed by atoms with Gasteiger partial charge in [-0.1, -0.05) is 12.1 Å². The van der Waals surface area contributed by atoms with Gasteiger partial charge >= 0.3 is 5.97 Å². The number of rotatable bonds is 2. The Hall–Kier alpha value is -1.16. The first kappa shape index (κ1) is 10.4. The van der Waals surface area contributed by atoms with Crippen molar-refractivity contribution in [2.75, 3.05) is 5.75 Å². The van der Waals surface area contributed by atoms with Crippen LogP contribution in [-0.4, -0.2) is 21.9 Å². The molecule has 0 aliphatic carbocycles. The van der Waals surface area contributed by atoms with Crippen LogP contribution in [0, 0.1) is 5.92 Å². The summed E-state index contributed by atoms with van der Waals surface area (Å²) in [7, 11) is 0. The fraction of sp³-hybridized carbons (Fsp3) is 0.364. The lowest BCUT2D eigenvalue weighted by atomic mass is 9.97. The van der Waals surface area contributed by atoms with Crippen LogP contribution in [0.1, 0.15) is 12.0 Å². The SMILES string of the molecule is O=C(O)CC1CSc2c(O)cccc2C1. The first-order valence-corrected chi connectivity index (χ1v) is 5.81. The van der Waals surface area contributed by atoms with Crippen LogP contribution in [0.3, 0.4) is 0 Å². The number of benzene rings is 1. The van der Waals surface area contributed by atoms with E-state index in [0.717, 1.165) is 22.6 Å². The standard InChI is InChI=1S/C11H12O3S/c12-9-3-1-2-8-4-7(5-10(13)14)6-15-11(8)9/h1-3,7,12H,4-6H2,(H,13,14). The van der Waals surface area contributed by atoms with Gasteiger partial charge in [-0.15, -0.1) is 11.8 Å². The zero-order chi connectivity index (χ0) is 10.8. The normalized spacial score (nSPS) is 19.6. The highest BCUT2D eigenvalue weighted by Gasteiger charge is 2.22. The molecule has 1 aliphatic heterocycles. The Morgan fingerprint density at radius 2 is 2.33 bits per heavy atom. The van der Waals surface area contributed by atoms with Crippen LogP contribution < -0.4 is 0 Å². The van der Waals surface area contributed by atoms with Gasteiger partial charge in [-0.25, -0.2) is 0 Å². The third-order valence-corrected chi connectivity index (χ3v) is 3.91. The van der Waals surface area contributed by atoms with Crippen molar-refractivity contribution in [1.82, 2.24) is 0 Å². The second-order valence-electron chi connectivity index (χ2n) is 3.74. The lowest BCUT2D eigenvalue weighted by Gasteiger charge is -2.23. The van der Waals surface area contributed by atoms with Crippen LogP contribution in [0.25, 0.3) is 0 Å². The summed E-state index contributed by atoms with van der Waals surface area (Å²) in [6, 6.07) is 5.43. The Bertz CT molecular complexity index is 389. The maximum Gasteiger partial charge on any atom is 0.303 e. The van der Waals surface area contributed by atoms with Crippen molar-refractivity contribution in [2.45, 2.75) is 17.7 Å². The number of phenolic OH excluding ortho intramolecular Hbond substituents is 1. The predicted octanol–water partition coefficient (Wildman–Crippen LogP) is 2.13. The van der Waals surface area contributed by atoms with E-state index in [9.17, 15) is 9.90 Å². The minimum absolute atomic E-state index is 0.182. The second-order valence-corrected chi connectivity index (χ2v) is 4.77. The van der Waals surface area contributed by atoms with Gasteiger partial charge in [0.25, 0.3) is 0 Å². The van der Waals surface area contributed by atoms with Crippen LogP contribution in [0.4, 0.5) is 0 Å². The van der Waals surface area contributed by atoms with Crippen molar-refractivity contribution in [3.63, 3.8) is 0 Å². The summed E-state index contributed by atoms with van der Waals surface area (Å²) in [5.74, 6) is 0.522. The number of thioether (sulfide) groups is 1. The Morgan fingerprint density at radius 3 is 3.07 bits per heavy atom. The average molecular weight is 224 g/mol. The van der Waals surface area contributed by atoms with Gasteiger partial charge in [-0.3, -0.25) is 4.79 Å². The molecule has 1 aromatic carbocycles. The van der Waals surface area contributed by atoms with Crippen molar-refractivity contribution >= 4 is 17.7 Å². The molecule has 1 atom stereocenters. The lowest BCUT2D eigenvalue weighted by Crippen LogP contribution is -2.17. The summed E-state index contributed by atoms with van der Waals surface area (Å²) in [5, 5.41) is 18.3. The fourth-order valence-corrected chi connectivity index (χ4v) is 3.04. The molecule has 0 amide bonds. The molecule has 1 unspecified atom stereocenters. The van der Waals surface area contributed by atoms with Gasteiger partial charge in [-0.05, 0) is 24.0 Å². The molecule has 80 valence electrons. The molecule has 0 saturated heterocycles. The monoisotopic (exact) mass is 224 g/mol. The number of fused-ring (bicyclic) bond motifs is 1. The van der Waals surface area contributed by atoms with Gasteiger partial charge in [0.1, 0.15) is 5.75 Å². The molecule has 0 radical (unpaired) electrons. The molecule has 0 fully saturated rings. The van der Waals surface area contributed by atoms with E-state index in [1.54, 1.807) is 23.9 Å². The highest BCUT2D eigenvalue weighted by molar-refractivity contribution is 7.99. The highest BCUT2D eigenvalue weighted by atomic mass is 32.2. The first-order valence-electron chi connectivity index (χ1n) is 4.82. The van der Waals surface area contributed by atoms with E-state index in [-0.39, 0.29) is 12.3 Å². The van der Waals surface area contributed by atoms with Crippen molar-refractivity contribution in [2.24, 2.45) is 5.92 Å². The molecular weight excluding hydrogens is 212 g/mol. The fourth-order valence-electron chi connectivity index (χ4n) is 1.85. The van der Waals surface area contributed by atoms with Crippen LogP contribution in [0.15, 0.2) is 23.1 Å². The number of carboxylic acids is 1. The molecular formula is C11H12O3S. The number of carbonyl (C=O) groups is 1. The van der Waals surface area contributed by atoms with E-state index in [1.165, 1.54) is 0 Å². The summed E-state index contributed by atoms with van der Waals surface area (Å²) in [5.41, 5.74) is 1.07. The molecule has 2 rings (SSSR count). The maximum absolute atomic E-state index is 10.6. The zero-order valence-corrected chi connectivity index (χ0v) is 8.96. The molecule has 1 heterocycles. The number of hydrogen-bond donors (Lipinski definition) is 2. The van der Waals surface area contributed by atoms with Crippen molar-refractivity contribution in [3.05, 3.63) is 23.8 Å². The minimum Gasteiger partial charge on any atom is -0.507 e. The summed E-state index contributed by atoms with van der Waals surface area (Å²) in [4.78, 5) is 11.5. The van der Waals surface area contributed by atoms with E-state index in [4.69, 9.17) is 5.11 Å². The average Bonchev–Trinajstić information content (AvgIpc) is 2.17. The Balaban J connectivity index is 2.17. The van der Waals surface area contributed by atoms with Crippen LogP contribution >= 0.6 is 11.8 Å². The van der Waals surface area contributed by atoms with Crippen LogP contribution in [0.5, 0.6) is 5.75 Å². The van der Waals surface area contributed by atoms with Gasteiger partial charge in [0, 0.05) is 12.2 Å². The first-order chi connectivity index (χ1) is 7.16. The molecule has 4 heteroatoms. The minimum atomic E-state index is -0.746. The van der Waals surface area contributed by atoms with E-state index in [1.807, 2.05) is 6.07 Å². The number of aliphatic carboxylic acids is 1. The Labute approximate surface area is 92.1 Å². The number of hydrogen-bond acceptors (Lipinski definition) is 3. The van der Waals surface area contributed by atoms with Crippen LogP contribution in [0.2, 0.25) is 0 Å². The molecule has 0 bridgehead atoms. The molecule has 0 spiro atoms. The zero-order valence-electron chi connectivity index (χ0n) is 8.14. The number of aromatic hydroxyl groups is 1. The molecule has 15 heavy (non-hydrogen) atoms. The lowest BCUT2D eigenvalue weighted by molar-refractivity contribution is -0.137. The molecule has 0 saturated carbocycles. The quantitative estimate of drug-likeness (QED) is 0.808. The number of carboxylic acid groups (broad SMARTS) is 1. The maximum atomic E-state index is 10.6. The molecule has 1 aromatic rings. The summed E-state index contributed by atoms with van der Waals surface area (Å²) in [6.45, 7) is 0. The Kier molecular flexibility index (Phi) is 2.86. The summed E-state index contributed by atoms with van der Waals surface area (Å²) >= 11 is 1.55. The van der Waals surface area contributed by atoms with Gasteiger partial charge in [0.2, 0.25) is 0 Å². The largest absolute Gasteiger partial charge is 0.507 e. The number of phenols is 1. The van der Waals surface area contributed by atoms with Crippen molar-refractivity contribution in [3.8, 4) is 5.75 Å². The smallest absolute Gasteiger partial charge is 0.303 e. The molecule has 0 aromatic heterocycles. The van der Waals surface area contributed by atoms with Crippen molar-refractivity contribution < 1.29 is 15.0 Å². The highest BCUT2D eigenvalue weighted by Crippen LogP contribution is 2.39. The second kappa shape index (κ2) is 4.14. The van der Waals surface area contributed by atoms with E-state index in [0.29, 0.717) is 5.75 Å². The molecule has 1 aliphatic rings. The third kappa shape index (κ3) is 2.26. The van der Waals surface area contributed by atoms with E-state index in [2.05, 4.69) is 0 Å². The van der Waals surface area contributed by atoms with Crippen LogP contribution in [-0.2, 0) is 11.2 Å².